The maximum atomic E-state index is 12.4. The van der Waals surface area contributed by atoms with E-state index in [1.54, 1.807) is 13.2 Å². The number of amides is 1. The SMILES string of the molecule is CCc1cccc(OCC(=O)Nc2cc3oc4ccccc4c3cc2OC)c1. The number of fused-ring (bicyclic) bond motifs is 3. The van der Waals surface area contributed by atoms with Crippen LogP contribution in [0.25, 0.3) is 21.9 Å². The van der Waals surface area contributed by atoms with Gasteiger partial charge in [-0.2, -0.15) is 0 Å². The van der Waals surface area contributed by atoms with E-state index in [0.29, 0.717) is 22.8 Å². The third kappa shape index (κ3) is 3.51. The van der Waals surface area contributed by atoms with E-state index in [0.717, 1.165) is 28.3 Å². The molecule has 0 atom stereocenters. The number of ether oxygens (including phenoxy) is 2. The molecular weight excluding hydrogens is 354 g/mol. The molecule has 4 rings (SSSR count). The van der Waals surface area contributed by atoms with Crippen molar-refractivity contribution in [2.24, 2.45) is 0 Å². The number of para-hydroxylation sites is 1. The molecule has 0 aliphatic carbocycles. The normalized spacial score (nSPS) is 10.9. The van der Waals surface area contributed by atoms with Gasteiger partial charge in [-0.15, -0.1) is 0 Å². The summed E-state index contributed by atoms with van der Waals surface area (Å²) in [5.41, 5.74) is 3.19. The molecule has 0 unspecified atom stereocenters. The summed E-state index contributed by atoms with van der Waals surface area (Å²) in [6, 6.07) is 19.2. The molecule has 0 saturated heterocycles. The number of carbonyl (C=O) groups excluding carboxylic acids is 1. The number of methoxy groups -OCH3 is 1. The fourth-order valence-electron chi connectivity index (χ4n) is 3.21. The predicted octanol–water partition coefficient (Wildman–Crippen LogP) is 5.17. The first-order valence-corrected chi connectivity index (χ1v) is 9.19. The van der Waals surface area contributed by atoms with Gasteiger partial charge in [0.1, 0.15) is 22.7 Å². The van der Waals surface area contributed by atoms with E-state index in [-0.39, 0.29) is 12.5 Å². The van der Waals surface area contributed by atoms with Gasteiger partial charge in [-0.05, 0) is 36.2 Å². The molecular formula is C23H21NO4. The minimum atomic E-state index is -0.268. The van der Waals surface area contributed by atoms with Gasteiger partial charge in [-0.3, -0.25) is 4.79 Å². The first kappa shape index (κ1) is 17.9. The summed E-state index contributed by atoms with van der Waals surface area (Å²) in [5.74, 6) is 0.977. The molecule has 1 aromatic heterocycles. The standard InChI is InChI=1S/C23H21NO4/c1-3-15-7-6-8-16(11-15)27-14-23(25)24-19-13-21-18(12-22(19)26-2)17-9-4-5-10-20(17)28-21/h4-13H,3,14H2,1-2H3,(H,24,25). The Labute approximate surface area is 162 Å². The number of anilines is 1. The molecule has 28 heavy (non-hydrogen) atoms. The highest BCUT2D eigenvalue weighted by molar-refractivity contribution is 6.07. The van der Waals surface area contributed by atoms with Crippen molar-refractivity contribution in [3.63, 3.8) is 0 Å². The van der Waals surface area contributed by atoms with Crippen LogP contribution in [0.3, 0.4) is 0 Å². The van der Waals surface area contributed by atoms with Crippen molar-refractivity contribution in [3.05, 3.63) is 66.2 Å². The van der Waals surface area contributed by atoms with E-state index in [1.807, 2.05) is 54.6 Å². The topological polar surface area (TPSA) is 60.7 Å². The van der Waals surface area contributed by atoms with Crippen molar-refractivity contribution in [2.75, 3.05) is 19.0 Å². The third-order valence-corrected chi connectivity index (χ3v) is 4.65. The summed E-state index contributed by atoms with van der Waals surface area (Å²) in [6.07, 6.45) is 0.915. The van der Waals surface area contributed by atoms with Crippen LogP contribution >= 0.6 is 0 Å². The molecule has 0 spiro atoms. The molecule has 5 nitrogen and oxygen atoms in total. The quantitative estimate of drug-likeness (QED) is 0.505. The largest absolute Gasteiger partial charge is 0.495 e. The van der Waals surface area contributed by atoms with Gasteiger partial charge in [0.2, 0.25) is 0 Å². The molecule has 3 aromatic carbocycles. The minimum Gasteiger partial charge on any atom is -0.495 e. The Bertz CT molecular complexity index is 1150. The lowest BCUT2D eigenvalue weighted by Gasteiger charge is -2.11. The van der Waals surface area contributed by atoms with Crippen molar-refractivity contribution in [3.8, 4) is 11.5 Å². The van der Waals surface area contributed by atoms with E-state index in [4.69, 9.17) is 13.9 Å². The number of hydrogen-bond acceptors (Lipinski definition) is 4. The monoisotopic (exact) mass is 375 g/mol. The highest BCUT2D eigenvalue weighted by Crippen LogP contribution is 2.36. The zero-order valence-electron chi connectivity index (χ0n) is 15.8. The van der Waals surface area contributed by atoms with Crippen LogP contribution in [0.15, 0.2) is 65.1 Å². The zero-order valence-corrected chi connectivity index (χ0v) is 15.8. The second-order valence-corrected chi connectivity index (χ2v) is 6.48. The van der Waals surface area contributed by atoms with Crippen LogP contribution in [0.2, 0.25) is 0 Å². The highest BCUT2D eigenvalue weighted by Gasteiger charge is 2.14. The Morgan fingerprint density at radius 2 is 1.86 bits per heavy atom. The van der Waals surface area contributed by atoms with Gasteiger partial charge >= 0.3 is 0 Å². The van der Waals surface area contributed by atoms with E-state index in [9.17, 15) is 4.79 Å². The first-order chi connectivity index (χ1) is 13.7. The zero-order chi connectivity index (χ0) is 19.5. The molecule has 0 radical (unpaired) electrons. The Morgan fingerprint density at radius 1 is 1.00 bits per heavy atom. The molecule has 1 N–H and O–H groups in total. The van der Waals surface area contributed by atoms with Crippen molar-refractivity contribution >= 4 is 33.5 Å². The minimum absolute atomic E-state index is 0.0888. The molecule has 4 aromatic rings. The molecule has 0 saturated carbocycles. The summed E-state index contributed by atoms with van der Waals surface area (Å²) in [4.78, 5) is 12.4. The highest BCUT2D eigenvalue weighted by atomic mass is 16.5. The lowest BCUT2D eigenvalue weighted by molar-refractivity contribution is -0.118. The fraction of sp³-hybridized carbons (Fsp3) is 0.174. The van der Waals surface area contributed by atoms with Crippen molar-refractivity contribution < 1.29 is 18.7 Å². The van der Waals surface area contributed by atoms with Crippen LogP contribution in [0, 0.1) is 0 Å². The Hall–Kier alpha value is -3.47. The van der Waals surface area contributed by atoms with Crippen molar-refractivity contribution in [1.29, 1.82) is 0 Å². The average molecular weight is 375 g/mol. The number of aryl methyl sites for hydroxylation is 1. The van der Waals surface area contributed by atoms with Gasteiger partial charge in [0.05, 0.1) is 12.8 Å². The van der Waals surface area contributed by atoms with Crippen LogP contribution < -0.4 is 14.8 Å². The van der Waals surface area contributed by atoms with Gasteiger partial charge in [0.15, 0.2) is 6.61 Å². The summed E-state index contributed by atoms with van der Waals surface area (Å²) in [7, 11) is 1.58. The van der Waals surface area contributed by atoms with Crippen LogP contribution in [0.5, 0.6) is 11.5 Å². The van der Waals surface area contributed by atoms with Crippen LogP contribution in [0.4, 0.5) is 5.69 Å². The lowest BCUT2D eigenvalue weighted by Crippen LogP contribution is -2.20. The second kappa shape index (κ2) is 7.64. The molecule has 0 aliphatic heterocycles. The number of furan rings is 1. The maximum Gasteiger partial charge on any atom is 0.262 e. The molecule has 0 bridgehead atoms. The van der Waals surface area contributed by atoms with Crippen molar-refractivity contribution in [2.45, 2.75) is 13.3 Å². The molecule has 1 amide bonds. The second-order valence-electron chi connectivity index (χ2n) is 6.48. The van der Waals surface area contributed by atoms with Crippen LogP contribution in [-0.4, -0.2) is 19.6 Å². The summed E-state index contributed by atoms with van der Waals surface area (Å²) >= 11 is 0. The van der Waals surface area contributed by atoms with Gasteiger partial charge in [-0.25, -0.2) is 0 Å². The molecule has 0 fully saturated rings. The van der Waals surface area contributed by atoms with Gasteiger partial charge in [-0.1, -0.05) is 37.3 Å². The van der Waals surface area contributed by atoms with Gasteiger partial charge in [0, 0.05) is 16.8 Å². The van der Waals surface area contributed by atoms with E-state index in [2.05, 4.69) is 12.2 Å². The lowest BCUT2D eigenvalue weighted by atomic mass is 10.1. The van der Waals surface area contributed by atoms with Crippen molar-refractivity contribution in [1.82, 2.24) is 0 Å². The molecule has 142 valence electrons. The summed E-state index contributed by atoms with van der Waals surface area (Å²) in [6.45, 7) is 1.99. The molecule has 5 heteroatoms. The Balaban J connectivity index is 1.54. The van der Waals surface area contributed by atoms with E-state index in [1.165, 1.54) is 0 Å². The van der Waals surface area contributed by atoms with Crippen LogP contribution in [-0.2, 0) is 11.2 Å². The molecule has 0 aliphatic rings. The molecule has 1 heterocycles. The number of nitrogens with one attached hydrogen (secondary N) is 1. The number of benzene rings is 3. The third-order valence-electron chi connectivity index (χ3n) is 4.65. The summed E-state index contributed by atoms with van der Waals surface area (Å²) in [5, 5.41) is 4.80. The fourth-order valence-corrected chi connectivity index (χ4v) is 3.21. The van der Waals surface area contributed by atoms with Gasteiger partial charge < -0.3 is 19.2 Å². The Kier molecular flexibility index (Phi) is 4.89. The Morgan fingerprint density at radius 3 is 2.68 bits per heavy atom. The number of hydrogen-bond donors (Lipinski definition) is 1. The number of carbonyl (C=O) groups is 1. The van der Waals surface area contributed by atoms with Crippen LogP contribution in [0.1, 0.15) is 12.5 Å². The van der Waals surface area contributed by atoms with E-state index >= 15 is 0 Å². The predicted molar refractivity (Wildman–Crippen MR) is 110 cm³/mol. The smallest absolute Gasteiger partial charge is 0.262 e. The first-order valence-electron chi connectivity index (χ1n) is 9.19. The van der Waals surface area contributed by atoms with E-state index < -0.39 is 0 Å². The van der Waals surface area contributed by atoms with Gasteiger partial charge in [0.25, 0.3) is 5.91 Å². The maximum absolute atomic E-state index is 12.4. The average Bonchev–Trinajstić information content (AvgIpc) is 3.09. The summed E-state index contributed by atoms with van der Waals surface area (Å²) < 4.78 is 17.0. The number of rotatable bonds is 6.